The zero-order valence-corrected chi connectivity index (χ0v) is 20.7. The SMILES string of the molecule is CCN(CC)c1ccc(-c2nnc(SCC(=O)N(CCOC)Cc3ccccc3)n2C)cc1. The zero-order valence-electron chi connectivity index (χ0n) is 19.9. The number of carbonyl (C=O) groups excluding carboxylic acids is 1. The molecule has 0 saturated heterocycles. The molecule has 0 unspecified atom stereocenters. The fraction of sp³-hybridized carbons (Fsp3) is 0.400. The summed E-state index contributed by atoms with van der Waals surface area (Å²) < 4.78 is 7.15. The topological polar surface area (TPSA) is 63.5 Å². The van der Waals surface area contributed by atoms with Crippen molar-refractivity contribution >= 4 is 23.4 Å². The first kappa shape index (κ1) is 24.8. The highest BCUT2D eigenvalue weighted by Crippen LogP contribution is 2.25. The van der Waals surface area contributed by atoms with Gasteiger partial charge in [-0.15, -0.1) is 10.2 Å². The Balaban J connectivity index is 1.65. The molecule has 0 saturated carbocycles. The van der Waals surface area contributed by atoms with Crippen LogP contribution in [0.3, 0.4) is 0 Å². The van der Waals surface area contributed by atoms with Crippen LogP contribution >= 0.6 is 11.8 Å². The van der Waals surface area contributed by atoms with E-state index in [1.807, 2.05) is 46.8 Å². The van der Waals surface area contributed by atoms with E-state index < -0.39 is 0 Å². The van der Waals surface area contributed by atoms with Gasteiger partial charge in [0.25, 0.3) is 0 Å². The highest BCUT2D eigenvalue weighted by Gasteiger charge is 2.17. The van der Waals surface area contributed by atoms with Crippen molar-refractivity contribution in [3.8, 4) is 11.4 Å². The van der Waals surface area contributed by atoms with Crippen molar-refractivity contribution in [1.82, 2.24) is 19.7 Å². The molecule has 0 fully saturated rings. The smallest absolute Gasteiger partial charge is 0.233 e. The van der Waals surface area contributed by atoms with Crippen LogP contribution in [0.4, 0.5) is 5.69 Å². The van der Waals surface area contributed by atoms with E-state index in [2.05, 4.69) is 53.2 Å². The molecule has 0 N–H and O–H groups in total. The predicted octanol–water partition coefficient (Wildman–Crippen LogP) is 4.10. The summed E-state index contributed by atoms with van der Waals surface area (Å²) in [5.74, 6) is 1.13. The second-order valence-corrected chi connectivity index (χ2v) is 8.61. The first-order valence-electron chi connectivity index (χ1n) is 11.3. The Kier molecular flexibility index (Phi) is 9.33. The van der Waals surface area contributed by atoms with Crippen molar-refractivity contribution in [3.63, 3.8) is 0 Å². The molecule has 0 spiro atoms. The fourth-order valence-corrected chi connectivity index (χ4v) is 4.43. The summed E-state index contributed by atoms with van der Waals surface area (Å²) in [6.45, 7) is 7.87. The maximum absolute atomic E-state index is 13.0. The number of nitrogens with zero attached hydrogens (tertiary/aromatic N) is 5. The highest BCUT2D eigenvalue weighted by molar-refractivity contribution is 7.99. The average Bonchev–Trinajstić information content (AvgIpc) is 3.22. The Labute approximate surface area is 200 Å². The summed E-state index contributed by atoms with van der Waals surface area (Å²) in [6.07, 6.45) is 0. The number of ether oxygens (including phenoxy) is 1. The molecule has 0 aliphatic carbocycles. The van der Waals surface area contributed by atoms with Gasteiger partial charge in [-0.2, -0.15) is 0 Å². The van der Waals surface area contributed by atoms with Gasteiger partial charge in [0.1, 0.15) is 0 Å². The predicted molar refractivity (Wildman–Crippen MR) is 134 cm³/mol. The van der Waals surface area contributed by atoms with Crippen molar-refractivity contribution in [3.05, 3.63) is 60.2 Å². The van der Waals surface area contributed by atoms with Gasteiger partial charge < -0.3 is 19.1 Å². The number of hydrogen-bond acceptors (Lipinski definition) is 6. The van der Waals surface area contributed by atoms with Gasteiger partial charge in [0, 0.05) is 51.6 Å². The third-order valence-corrected chi connectivity index (χ3v) is 6.55. The molecule has 0 bridgehead atoms. The monoisotopic (exact) mass is 467 g/mol. The van der Waals surface area contributed by atoms with Crippen molar-refractivity contribution < 1.29 is 9.53 Å². The Hall–Kier alpha value is -2.84. The fourth-order valence-electron chi connectivity index (χ4n) is 3.62. The Bertz CT molecular complexity index is 1000. The molecule has 1 amide bonds. The van der Waals surface area contributed by atoms with Gasteiger partial charge in [0.05, 0.1) is 12.4 Å². The first-order valence-corrected chi connectivity index (χ1v) is 12.2. The second kappa shape index (κ2) is 12.4. The van der Waals surface area contributed by atoms with Crippen LogP contribution in [0.2, 0.25) is 0 Å². The van der Waals surface area contributed by atoms with Crippen LogP contribution in [-0.2, 0) is 23.1 Å². The minimum absolute atomic E-state index is 0.0500. The summed E-state index contributed by atoms with van der Waals surface area (Å²) in [5.41, 5.74) is 3.30. The van der Waals surface area contributed by atoms with Crippen LogP contribution in [0.5, 0.6) is 0 Å². The van der Waals surface area contributed by atoms with Crippen molar-refractivity contribution in [2.75, 3.05) is 44.0 Å². The van der Waals surface area contributed by atoms with Crippen LogP contribution in [-0.4, -0.2) is 64.7 Å². The van der Waals surface area contributed by atoms with Gasteiger partial charge in [-0.3, -0.25) is 4.79 Å². The molecule has 0 aliphatic heterocycles. The molecule has 0 aliphatic rings. The number of anilines is 1. The minimum Gasteiger partial charge on any atom is -0.383 e. The summed E-state index contributed by atoms with van der Waals surface area (Å²) >= 11 is 1.41. The van der Waals surface area contributed by atoms with Crippen LogP contribution in [0.1, 0.15) is 19.4 Å². The molecular formula is C25H33N5O2S. The molecular weight excluding hydrogens is 434 g/mol. The van der Waals surface area contributed by atoms with E-state index >= 15 is 0 Å². The molecule has 33 heavy (non-hydrogen) atoms. The molecule has 0 radical (unpaired) electrons. The van der Waals surface area contributed by atoms with Crippen LogP contribution < -0.4 is 4.90 Å². The van der Waals surface area contributed by atoms with E-state index in [1.165, 1.54) is 17.4 Å². The third kappa shape index (κ3) is 6.58. The molecule has 176 valence electrons. The van der Waals surface area contributed by atoms with E-state index in [4.69, 9.17) is 4.74 Å². The van der Waals surface area contributed by atoms with E-state index in [-0.39, 0.29) is 5.91 Å². The van der Waals surface area contributed by atoms with Gasteiger partial charge in [-0.1, -0.05) is 42.1 Å². The largest absolute Gasteiger partial charge is 0.383 e. The summed E-state index contributed by atoms with van der Waals surface area (Å²) in [7, 11) is 3.59. The quantitative estimate of drug-likeness (QED) is 0.374. The molecule has 1 aromatic heterocycles. The van der Waals surface area contributed by atoms with Gasteiger partial charge in [-0.05, 0) is 43.7 Å². The van der Waals surface area contributed by atoms with Gasteiger partial charge >= 0.3 is 0 Å². The molecule has 3 rings (SSSR count). The maximum Gasteiger partial charge on any atom is 0.233 e. The lowest BCUT2D eigenvalue weighted by Crippen LogP contribution is -2.34. The number of rotatable bonds is 12. The molecule has 2 aromatic carbocycles. The molecule has 1 heterocycles. The molecule has 8 heteroatoms. The number of thioether (sulfide) groups is 1. The number of methoxy groups -OCH3 is 1. The standard InChI is InChI=1S/C25H33N5O2S/c1-5-29(6-2)22-14-12-21(13-15-22)24-26-27-25(28(24)3)33-19-23(31)30(16-17-32-4)18-20-10-8-7-9-11-20/h7-15H,5-6,16-19H2,1-4H3. The lowest BCUT2D eigenvalue weighted by molar-refractivity contribution is -0.129. The lowest BCUT2D eigenvalue weighted by atomic mass is 10.2. The number of hydrogen-bond donors (Lipinski definition) is 0. The van der Waals surface area contributed by atoms with Crippen LogP contribution in [0.25, 0.3) is 11.4 Å². The van der Waals surface area contributed by atoms with E-state index in [9.17, 15) is 4.79 Å². The normalized spacial score (nSPS) is 10.9. The Morgan fingerprint density at radius 3 is 2.36 bits per heavy atom. The Morgan fingerprint density at radius 2 is 1.73 bits per heavy atom. The minimum atomic E-state index is 0.0500. The number of aromatic nitrogens is 3. The van der Waals surface area contributed by atoms with Crippen molar-refractivity contribution in [2.24, 2.45) is 7.05 Å². The molecule has 3 aromatic rings. The van der Waals surface area contributed by atoms with Crippen LogP contribution in [0, 0.1) is 0 Å². The number of carbonyl (C=O) groups is 1. The van der Waals surface area contributed by atoms with Crippen molar-refractivity contribution in [1.29, 1.82) is 0 Å². The molecule has 0 atom stereocenters. The average molecular weight is 468 g/mol. The van der Waals surface area contributed by atoms with Gasteiger partial charge in [0.2, 0.25) is 5.91 Å². The zero-order chi connectivity index (χ0) is 23.6. The summed E-state index contributed by atoms with van der Waals surface area (Å²) in [6, 6.07) is 18.4. The van der Waals surface area contributed by atoms with Gasteiger partial charge in [-0.25, -0.2) is 0 Å². The molecule has 7 nitrogen and oxygen atoms in total. The van der Waals surface area contributed by atoms with E-state index in [1.54, 1.807) is 7.11 Å². The highest BCUT2D eigenvalue weighted by atomic mass is 32.2. The summed E-state index contributed by atoms with van der Waals surface area (Å²) in [4.78, 5) is 17.1. The van der Waals surface area contributed by atoms with Crippen LogP contribution in [0.15, 0.2) is 59.8 Å². The van der Waals surface area contributed by atoms with E-state index in [0.717, 1.165) is 35.2 Å². The van der Waals surface area contributed by atoms with Gasteiger partial charge in [0.15, 0.2) is 11.0 Å². The summed E-state index contributed by atoms with van der Waals surface area (Å²) in [5, 5.41) is 9.42. The van der Waals surface area contributed by atoms with E-state index in [0.29, 0.717) is 25.4 Å². The lowest BCUT2D eigenvalue weighted by Gasteiger charge is -2.22. The third-order valence-electron chi connectivity index (χ3n) is 5.55. The first-order chi connectivity index (χ1) is 16.1. The second-order valence-electron chi connectivity index (χ2n) is 7.67. The number of amides is 1. The number of benzene rings is 2. The van der Waals surface area contributed by atoms with Crippen molar-refractivity contribution in [2.45, 2.75) is 25.5 Å². The Morgan fingerprint density at radius 1 is 1.03 bits per heavy atom. The maximum atomic E-state index is 13.0.